The van der Waals surface area contributed by atoms with Gasteiger partial charge in [0.05, 0.1) is 4.47 Å². The smallest absolute Gasteiger partial charge is 0.198 e. The number of aromatic nitrogens is 2. The number of furan rings is 1. The predicted octanol–water partition coefficient (Wildman–Crippen LogP) is 3.42. The zero-order valence-corrected chi connectivity index (χ0v) is 12.5. The summed E-state index contributed by atoms with van der Waals surface area (Å²) in [6.07, 6.45) is 2.35. The summed E-state index contributed by atoms with van der Waals surface area (Å²) in [4.78, 5) is 8.83. The fourth-order valence-corrected chi connectivity index (χ4v) is 2.27. The third-order valence-corrected chi connectivity index (χ3v) is 4.47. The van der Waals surface area contributed by atoms with Crippen molar-refractivity contribution >= 4 is 37.7 Å². The second kappa shape index (κ2) is 4.64. The summed E-state index contributed by atoms with van der Waals surface area (Å²) in [5.41, 5.74) is 3.58. The molecule has 0 aromatic carbocycles. The molecule has 0 radical (unpaired) electrons. The number of hydrogen-bond acceptors (Lipinski definition) is 5. The van der Waals surface area contributed by atoms with E-state index >= 15 is 0 Å². The fourth-order valence-electron chi connectivity index (χ4n) is 1.70. The molecule has 0 amide bonds. The van der Waals surface area contributed by atoms with Crippen LogP contribution < -0.4 is 11.3 Å². The van der Waals surface area contributed by atoms with Gasteiger partial charge in [0.1, 0.15) is 5.82 Å². The zero-order valence-electron chi connectivity index (χ0n) is 9.28. The second-order valence-corrected chi connectivity index (χ2v) is 5.73. The first kappa shape index (κ1) is 12.1. The molecule has 0 unspecified atom stereocenters. The number of anilines is 1. The molecule has 2 aromatic rings. The molecule has 1 fully saturated rings. The third kappa shape index (κ3) is 2.30. The molecule has 0 saturated heterocycles. The van der Waals surface area contributed by atoms with Crippen LogP contribution in [0.1, 0.15) is 24.5 Å². The molecule has 0 atom stereocenters. The molecule has 0 spiro atoms. The minimum absolute atomic E-state index is 0.528. The van der Waals surface area contributed by atoms with Gasteiger partial charge in [0, 0.05) is 23.7 Å². The van der Waals surface area contributed by atoms with Crippen molar-refractivity contribution in [2.45, 2.75) is 18.8 Å². The number of nitrogens with one attached hydrogen (secondary N) is 1. The molecule has 94 valence electrons. The molecule has 1 aliphatic rings. The van der Waals surface area contributed by atoms with Crippen molar-refractivity contribution in [2.24, 2.45) is 5.84 Å². The van der Waals surface area contributed by atoms with E-state index in [0.29, 0.717) is 28.0 Å². The maximum atomic E-state index is 5.53. The van der Waals surface area contributed by atoms with Crippen LogP contribution in [0.2, 0.25) is 0 Å². The number of rotatable bonds is 3. The van der Waals surface area contributed by atoms with Crippen molar-refractivity contribution in [1.82, 2.24) is 9.97 Å². The molecule has 18 heavy (non-hydrogen) atoms. The first-order valence-electron chi connectivity index (χ1n) is 5.48. The molecule has 1 saturated carbocycles. The average Bonchev–Trinajstić information content (AvgIpc) is 3.16. The molecule has 2 heterocycles. The third-order valence-electron chi connectivity index (χ3n) is 2.76. The molecular formula is C11H10Br2N4O. The van der Waals surface area contributed by atoms with Crippen molar-refractivity contribution in [3.05, 3.63) is 27.0 Å². The van der Waals surface area contributed by atoms with Crippen molar-refractivity contribution < 1.29 is 4.42 Å². The van der Waals surface area contributed by atoms with Crippen LogP contribution in [0.3, 0.4) is 0 Å². The summed E-state index contributed by atoms with van der Waals surface area (Å²) >= 11 is 6.67. The standard InChI is InChI=1S/C11H10Br2N4O/c12-6-3-8(18-10(6)13)11-15-7(5-1-2-5)4-9(16-11)17-14/h3-5H,1-2,14H2,(H,15,16,17). The van der Waals surface area contributed by atoms with Crippen LogP contribution in [0.25, 0.3) is 11.6 Å². The Hall–Kier alpha value is -0.920. The minimum atomic E-state index is 0.528. The van der Waals surface area contributed by atoms with E-state index in [0.717, 1.165) is 10.2 Å². The van der Waals surface area contributed by atoms with E-state index in [9.17, 15) is 0 Å². The normalized spacial score (nSPS) is 14.8. The van der Waals surface area contributed by atoms with Crippen molar-refractivity contribution in [1.29, 1.82) is 0 Å². The van der Waals surface area contributed by atoms with Crippen molar-refractivity contribution in [3.63, 3.8) is 0 Å². The van der Waals surface area contributed by atoms with Crippen LogP contribution >= 0.6 is 31.9 Å². The quantitative estimate of drug-likeness (QED) is 0.636. The number of halogens is 2. The largest absolute Gasteiger partial charge is 0.445 e. The monoisotopic (exact) mass is 372 g/mol. The van der Waals surface area contributed by atoms with Gasteiger partial charge in [-0.3, -0.25) is 0 Å². The lowest BCUT2D eigenvalue weighted by Gasteiger charge is -2.05. The Morgan fingerprint density at radius 3 is 2.61 bits per heavy atom. The Bertz CT molecular complexity index is 575. The lowest BCUT2D eigenvalue weighted by Crippen LogP contribution is -2.10. The Balaban J connectivity index is 2.07. The Labute approximate surface area is 120 Å². The van der Waals surface area contributed by atoms with Crippen LogP contribution in [0, 0.1) is 0 Å². The van der Waals surface area contributed by atoms with Gasteiger partial charge in [0.25, 0.3) is 0 Å². The van der Waals surface area contributed by atoms with Crippen LogP contribution in [0.5, 0.6) is 0 Å². The SMILES string of the molecule is NNc1cc(C2CC2)nc(-c2cc(Br)c(Br)o2)n1. The highest BCUT2D eigenvalue weighted by Crippen LogP contribution is 2.40. The topological polar surface area (TPSA) is 77.0 Å². The van der Waals surface area contributed by atoms with Crippen LogP contribution in [-0.4, -0.2) is 9.97 Å². The molecule has 5 nitrogen and oxygen atoms in total. The predicted molar refractivity (Wildman–Crippen MR) is 74.9 cm³/mol. The van der Waals surface area contributed by atoms with Crippen LogP contribution in [0.15, 0.2) is 25.7 Å². The lowest BCUT2D eigenvalue weighted by atomic mass is 10.2. The summed E-state index contributed by atoms with van der Waals surface area (Å²) in [6.45, 7) is 0. The first-order valence-corrected chi connectivity index (χ1v) is 7.07. The van der Waals surface area contributed by atoms with Gasteiger partial charge in [0.2, 0.25) is 0 Å². The molecule has 3 N–H and O–H groups in total. The molecule has 0 bridgehead atoms. The highest BCUT2D eigenvalue weighted by atomic mass is 79.9. The number of nitrogens with zero attached hydrogens (tertiary/aromatic N) is 2. The van der Waals surface area contributed by atoms with Crippen molar-refractivity contribution in [3.8, 4) is 11.6 Å². The van der Waals surface area contributed by atoms with Gasteiger partial charge in [-0.1, -0.05) is 0 Å². The molecule has 2 aromatic heterocycles. The lowest BCUT2D eigenvalue weighted by molar-refractivity contribution is 0.549. The number of nitrogens with two attached hydrogens (primary N) is 1. The van der Waals surface area contributed by atoms with E-state index in [1.807, 2.05) is 12.1 Å². The summed E-state index contributed by atoms with van der Waals surface area (Å²) in [7, 11) is 0. The van der Waals surface area contributed by atoms with Crippen LogP contribution in [0.4, 0.5) is 5.82 Å². The molecule has 3 rings (SSSR count). The van der Waals surface area contributed by atoms with E-state index in [4.69, 9.17) is 10.3 Å². The number of hydrogen-bond donors (Lipinski definition) is 2. The Morgan fingerprint density at radius 1 is 1.28 bits per heavy atom. The minimum Gasteiger partial charge on any atom is -0.445 e. The van der Waals surface area contributed by atoms with Crippen molar-refractivity contribution in [2.75, 3.05) is 5.43 Å². The van der Waals surface area contributed by atoms with Crippen LogP contribution in [-0.2, 0) is 0 Å². The summed E-state index contributed by atoms with van der Waals surface area (Å²) < 4.78 is 6.99. The number of hydrazine groups is 1. The Kier molecular flexibility index (Phi) is 3.13. The summed E-state index contributed by atoms with van der Waals surface area (Å²) in [5.74, 6) is 7.71. The highest BCUT2D eigenvalue weighted by Gasteiger charge is 2.26. The second-order valence-electron chi connectivity index (χ2n) is 4.15. The van der Waals surface area contributed by atoms with E-state index in [1.165, 1.54) is 12.8 Å². The van der Waals surface area contributed by atoms with Gasteiger partial charge in [-0.2, -0.15) is 0 Å². The molecular weight excluding hydrogens is 364 g/mol. The molecule has 7 heteroatoms. The van der Waals surface area contributed by atoms with Gasteiger partial charge in [-0.15, -0.1) is 0 Å². The molecule has 1 aliphatic carbocycles. The summed E-state index contributed by atoms with van der Waals surface area (Å²) in [5, 5.41) is 0. The molecule has 0 aliphatic heterocycles. The summed E-state index contributed by atoms with van der Waals surface area (Å²) in [6, 6.07) is 3.71. The van der Waals surface area contributed by atoms with E-state index in [1.54, 1.807) is 0 Å². The highest BCUT2D eigenvalue weighted by molar-refractivity contribution is 9.13. The van der Waals surface area contributed by atoms with Gasteiger partial charge in [0.15, 0.2) is 16.3 Å². The van der Waals surface area contributed by atoms with Gasteiger partial charge < -0.3 is 9.84 Å². The first-order chi connectivity index (χ1) is 8.67. The number of nitrogen functional groups attached to an aromatic ring is 1. The average molecular weight is 374 g/mol. The zero-order chi connectivity index (χ0) is 12.7. The maximum Gasteiger partial charge on any atom is 0.198 e. The fraction of sp³-hybridized carbons (Fsp3) is 0.273. The van der Waals surface area contributed by atoms with Gasteiger partial charge in [-0.05, 0) is 44.7 Å². The van der Waals surface area contributed by atoms with Gasteiger partial charge >= 0.3 is 0 Å². The van der Waals surface area contributed by atoms with E-state index in [-0.39, 0.29) is 0 Å². The van der Waals surface area contributed by atoms with Gasteiger partial charge in [-0.25, -0.2) is 15.8 Å². The van der Waals surface area contributed by atoms with E-state index in [2.05, 4.69) is 47.3 Å². The Morgan fingerprint density at radius 2 is 2.06 bits per heavy atom. The van der Waals surface area contributed by atoms with E-state index < -0.39 is 0 Å². The maximum absolute atomic E-state index is 5.53.